The summed E-state index contributed by atoms with van der Waals surface area (Å²) in [6.07, 6.45) is 2.26. The smallest absolute Gasteiger partial charge is 0.335 e. The maximum Gasteiger partial charge on any atom is 0.335 e. The van der Waals surface area contributed by atoms with Crippen molar-refractivity contribution in [2.75, 3.05) is 13.7 Å². The van der Waals surface area contributed by atoms with Crippen LogP contribution >= 0.6 is 34.8 Å². The van der Waals surface area contributed by atoms with E-state index in [1.807, 2.05) is 0 Å². The van der Waals surface area contributed by atoms with E-state index >= 15 is 0 Å². The third kappa shape index (κ3) is 5.90. The molecule has 214 valence electrons. The highest BCUT2D eigenvalue weighted by atomic mass is 35.5. The van der Waals surface area contributed by atoms with Gasteiger partial charge in [0.1, 0.15) is 18.1 Å². The molecule has 41 heavy (non-hydrogen) atoms. The molecule has 0 amide bonds. The third-order valence-electron chi connectivity index (χ3n) is 7.71. The van der Waals surface area contributed by atoms with Crippen molar-refractivity contribution in [2.24, 2.45) is 11.7 Å². The number of halogens is 3. The number of Topliss-reactive ketones (excluding diaryl/α,β-unsaturated/α-hetero) is 1. The van der Waals surface area contributed by atoms with Gasteiger partial charge in [-0.1, -0.05) is 46.9 Å². The van der Waals surface area contributed by atoms with Gasteiger partial charge in [-0.25, -0.2) is 4.79 Å². The van der Waals surface area contributed by atoms with Crippen molar-refractivity contribution >= 4 is 52.3 Å². The number of ether oxygens (including phenoxy) is 2. The lowest BCUT2D eigenvalue weighted by atomic mass is 9.64. The highest BCUT2D eigenvalue weighted by Crippen LogP contribution is 2.54. The van der Waals surface area contributed by atoms with Crippen molar-refractivity contribution in [1.82, 2.24) is 0 Å². The SMILES string of the molecule is COc1ccc(C(=O)O)cc1C1CC(O)(c2ccc(OCC(C(=O)C3CC3)=C(N)c3c(Cl)cccc3Cl)cc2Cl)C1. The summed E-state index contributed by atoms with van der Waals surface area (Å²) in [7, 11) is 1.52. The van der Waals surface area contributed by atoms with Crippen LogP contribution in [0, 0.1) is 5.92 Å². The van der Waals surface area contributed by atoms with Crippen LogP contribution in [0.15, 0.2) is 60.2 Å². The molecule has 3 aromatic rings. The van der Waals surface area contributed by atoms with E-state index in [2.05, 4.69) is 0 Å². The molecule has 0 heterocycles. The van der Waals surface area contributed by atoms with Gasteiger partial charge >= 0.3 is 5.97 Å². The van der Waals surface area contributed by atoms with Gasteiger partial charge in [0, 0.05) is 17.0 Å². The molecule has 2 saturated carbocycles. The number of carboxylic acids is 1. The first kappa shape index (κ1) is 29.3. The number of methoxy groups -OCH3 is 1. The Kier molecular flexibility index (Phi) is 8.26. The lowest BCUT2D eigenvalue weighted by Gasteiger charge is -2.45. The standard InChI is InChI=1S/C31H28Cl3NO6/c1-40-26-10-7-17(30(37)38)11-20(26)18-13-31(39,14-18)22-9-8-19(12-25(22)34)41-15-21(29(36)16-5-6-16)28(35)27-23(32)3-2-4-24(27)33/h2-4,7-12,16,18,39H,5-6,13-15,35H2,1H3,(H,37,38). The number of benzene rings is 3. The average Bonchev–Trinajstić information content (AvgIpc) is 3.76. The summed E-state index contributed by atoms with van der Waals surface area (Å²) in [4.78, 5) is 24.6. The molecule has 2 fully saturated rings. The monoisotopic (exact) mass is 615 g/mol. The first-order chi connectivity index (χ1) is 19.5. The van der Waals surface area contributed by atoms with Crippen molar-refractivity contribution in [3.63, 3.8) is 0 Å². The fraction of sp³-hybridized carbons (Fsp3) is 0.290. The van der Waals surface area contributed by atoms with Crippen LogP contribution in [-0.2, 0) is 10.4 Å². The topological polar surface area (TPSA) is 119 Å². The molecule has 0 spiro atoms. The van der Waals surface area contributed by atoms with E-state index in [1.165, 1.54) is 13.2 Å². The van der Waals surface area contributed by atoms with Crippen molar-refractivity contribution in [1.29, 1.82) is 0 Å². The van der Waals surface area contributed by atoms with Crippen molar-refractivity contribution < 1.29 is 29.3 Å². The molecule has 0 saturated heterocycles. The van der Waals surface area contributed by atoms with E-state index in [4.69, 9.17) is 50.0 Å². The van der Waals surface area contributed by atoms with Crippen LogP contribution < -0.4 is 15.2 Å². The van der Waals surface area contributed by atoms with Gasteiger partial charge in [-0.3, -0.25) is 4.79 Å². The van der Waals surface area contributed by atoms with Crippen molar-refractivity contribution in [3.05, 3.63) is 97.5 Å². The molecular weight excluding hydrogens is 589 g/mol. The molecule has 3 aromatic carbocycles. The largest absolute Gasteiger partial charge is 0.496 e. The minimum absolute atomic E-state index is 0.0987. The second-order valence-corrected chi connectivity index (χ2v) is 11.7. The zero-order chi connectivity index (χ0) is 29.5. The molecule has 4 N–H and O–H groups in total. The maximum absolute atomic E-state index is 13.1. The summed E-state index contributed by atoms with van der Waals surface area (Å²) in [6, 6.07) is 14.7. The molecule has 0 bridgehead atoms. The van der Waals surface area contributed by atoms with Gasteiger partial charge < -0.3 is 25.4 Å². The summed E-state index contributed by atoms with van der Waals surface area (Å²) in [5.41, 5.74) is 7.49. The second kappa shape index (κ2) is 11.6. The number of ketones is 1. The number of rotatable bonds is 10. The Bertz CT molecular complexity index is 1540. The summed E-state index contributed by atoms with van der Waals surface area (Å²) in [5.74, 6) is -0.377. The van der Waals surface area contributed by atoms with E-state index < -0.39 is 11.6 Å². The van der Waals surface area contributed by atoms with Crippen LogP contribution in [0.5, 0.6) is 11.5 Å². The predicted molar refractivity (Wildman–Crippen MR) is 158 cm³/mol. The van der Waals surface area contributed by atoms with Crippen LogP contribution in [0.4, 0.5) is 0 Å². The Morgan fingerprint density at radius 1 is 1.00 bits per heavy atom. The van der Waals surface area contributed by atoms with Crippen molar-refractivity contribution in [3.8, 4) is 11.5 Å². The normalized spacial score (nSPS) is 20.6. The molecule has 0 aromatic heterocycles. The number of carbonyl (C=O) groups is 2. The lowest BCUT2D eigenvalue weighted by Crippen LogP contribution is -2.40. The fourth-order valence-corrected chi connectivity index (χ4v) is 6.23. The molecule has 0 radical (unpaired) electrons. The summed E-state index contributed by atoms with van der Waals surface area (Å²) < 4.78 is 11.4. The van der Waals surface area contributed by atoms with E-state index in [9.17, 15) is 19.8 Å². The van der Waals surface area contributed by atoms with E-state index in [0.29, 0.717) is 56.1 Å². The highest BCUT2D eigenvalue weighted by Gasteiger charge is 2.46. The first-order valence-electron chi connectivity index (χ1n) is 13.1. The van der Waals surface area contributed by atoms with Crippen LogP contribution in [0.25, 0.3) is 5.70 Å². The second-order valence-electron chi connectivity index (χ2n) is 10.5. The van der Waals surface area contributed by atoms with Gasteiger partial charge in [0.25, 0.3) is 0 Å². The maximum atomic E-state index is 13.1. The Balaban J connectivity index is 1.34. The predicted octanol–water partition coefficient (Wildman–Crippen LogP) is 6.85. The number of hydrogen-bond donors (Lipinski definition) is 3. The molecule has 2 aliphatic rings. The average molecular weight is 617 g/mol. The third-order valence-corrected chi connectivity index (χ3v) is 8.66. The van der Waals surface area contributed by atoms with Crippen LogP contribution in [-0.4, -0.2) is 35.7 Å². The number of carboxylic acid groups (broad SMARTS) is 1. The minimum Gasteiger partial charge on any atom is -0.496 e. The lowest BCUT2D eigenvalue weighted by molar-refractivity contribution is -0.116. The van der Waals surface area contributed by atoms with Gasteiger partial charge in [0.05, 0.1) is 44.6 Å². The fourth-order valence-electron chi connectivity index (χ4n) is 5.28. The van der Waals surface area contributed by atoms with Gasteiger partial charge in [0.2, 0.25) is 0 Å². The zero-order valence-electron chi connectivity index (χ0n) is 22.1. The minimum atomic E-state index is -1.21. The van der Waals surface area contributed by atoms with Gasteiger partial charge in [-0.05, 0) is 79.6 Å². The Labute approximate surface area is 252 Å². The molecular formula is C31H28Cl3NO6. The summed E-state index contributed by atoms with van der Waals surface area (Å²) in [6.45, 7) is -0.107. The zero-order valence-corrected chi connectivity index (χ0v) is 24.4. The van der Waals surface area contributed by atoms with Crippen LogP contribution in [0.3, 0.4) is 0 Å². The number of aliphatic hydroxyl groups is 1. The molecule has 0 aliphatic heterocycles. The number of nitrogens with two attached hydrogens (primary N) is 1. The highest BCUT2D eigenvalue weighted by molar-refractivity contribution is 6.37. The number of carbonyl (C=O) groups excluding carboxylic acids is 1. The van der Waals surface area contributed by atoms with Gasteiger partial charge in [-0.15, -0.1) is 0 Å². The molecule has 2 aliphatic carbocycles. The Morgan fingerprint density at radius 2 is 1.68 bits per heavy atom. The summed E-state index contributed by atoms with van der Waals surface area (Å²) >= 11 is 19.3. The van der Waals surface area contributed by atoms with E-state index in [1.54, 1.807) is 48.5 Å². The number of aromatic carboxylic acids is 1. The van der Waals surface area contributed by atoms with E-state index in [-0.39, 0.29) is 35.5 Å². The Hall–Kier alpha value is -3.23. The summed E-state index contributed by atoms with van der Waals surface area (Å²) in [5, 5.41) is 21.7. The number of hydrogen-bond acceptors (Lipinski definition) is 6. The molecule has 0 atom stereocenters. The molecule has 0 unspecified atom stereocenters. The molecule has 10 heteroatoms. The van der Waals surface area contributed by atoms with Crippen molar-refractivity contribution in [2.45, 2.75) is 37.2 Å². The Morgan fingerprint density at radius 3 is 2.27 bits per heavy atom. The van der Waals surface area contributed by atoms with Crippen LogP contribution in [0.2, 0.25) is 15.1 Å². The quantitative estimate of drug-likeness (QED) is 0.213. The van der Waals surface area contributed by atoms with Gasteiger partial charge in [0.15, 0.2) is 5.78 Å². The molecule has 7 nitrogen and oxygen atoms in total. The molecule has 5 rings (SSSR count). The first-order valence-corrected chi connectivity index (χ1v) is 14.2. The van der Waals surface area contributed by atoms with Gasteiger partial charge in [-0.2, -0.15) is 0 Å². The van der Waals surface area contributed by atoms with E-state index in [0.717, 1.165) is 18.4 Å². The van der Waals surface area contributed by atoms with Crippen LogP contribution in [0.1, 0.15) is 58.6 Å².